The minimum atomic E-state index is -0.593. The maximum atomic E-state index is 6.28. The van der Waals surface area contributed by atoms with Crippen molar-refractivity contribution in [1.82, 2.24) is 45.7 Å². The quantitative estimate of drug-likeness (QED) is 0.261. The Morgan fingerprint density at radius 1 is 1.23 bits per heavy atom. The molecule has 0 aliphatic carbocycles. The van der Waals surface area contributed by atoms with Crippen molar-refractivity contribution in [1.29, 1.82) is 0 Å². The zero-order valence-electron chi connectivity index (χ0n) is 15.8. The second-order valence-corrected chi connectivity index (χ2v) is 6.73. The van der Waals surface area contributed by atoms with E-state index in [1.165, 1.54) is 0 Å². The minimum Gasteiger partial charge on any atom is -0.461 e. The summed E-state index contributed by atoms with van der Waals surface area (Å²) < 4.78 is 6.95. The molecule has 0 radical (unpaired) electrons. The van der Waals surface area contributed by atoms with Crippen LogP contribution in [0.2, 0.25) is 0 Å². The maximum absolute atomic E-state index is 6.28. The minimum absolute atomic E-state index is 0.465. The number of nitrogens with one attached hydrogen (secondary N) is 2. The number of hydrazine groups is 1. The number of hydrogen-bond acceptors (Lipinski definition) is 10. The molecule has 0 fully saturated rings. The molecule has 1 aromatic carbocycles. The van der Waals surface area contributed by atoms with E-state index in [0.29, 0.717) is 42.0 Å². The smallest absolute Gasteiger partial charge is 0.217 e. The summed E-state index contributed by atoms with van der Waals surface area (Å²) in [5.41, 5.74) is 8.21. The molecule has 1 unspecified atom stereocenters. The Kier molecular flexibility index (Phi) is 4.46. The highest BCUT2D eigenvalue weighted by Gasteiger charge is 2.23. The van der Waals surface area contributed by atoms with Gasteiger partial charge in [0.1, 0.15) is 5.82 Å². The number of H-pyrrole nitrogens is 1. The van der Waals surface area contributed by atoms with Crippen molar-refractivity contribution in [3.05, 3.63) is 59.9 Å². The second-order valence-electron chi connectivity index (χ2n) is 6.73. The number of nitrogens with two attached hydrogens (primary N) is 2. The van der Waals surface area contributed by atoms with Crippen molar-refractivity contribution in [2.45, 2.75) is 12.7 Å². The van der Waals surface area contributed by atoms with E-state index in [2.05, 4.69) is 36.0 Å². The number of rotatable bonds is 6. The Morgan fingerprint density at radius 2 is 2.17 bits per heavy atom. The van der Waals surface area contributed by atoms with Crippen molar-refractivity contribution in [3.63, 3.8) is 0 Å². The van der Waals surface area contributed by atoms with E-state index in [9.17, 15) is 0 Å². The number of fused-ring (bicyclic) bond motifs is 1. The Balaban J connectivity index is 1.30. The molecule has 6 N–H and O–H groups in total. The van der Waals surface area contributed by atoms with Crippen molar-refractivity contribution >= 4 is 6.08 Å². The van der Waals surface area contributed by atoms with E-state index >= 15 is 0 Å². The topological polar surface area (TPSA) is 166 Å². The molecule has 1 aliphatic heterocycles. The van der Waals surface area contributed by atoms with E-state index in [1.54, 1.807) is 34.2 Å². The van der Waals surface area contributed by atoms with Crippen LogP contribution in [0.3, 0.4) is 0 Å². The van der Waals surface area contributed by atoms with Gasteiger partial charge in [-0.05, 0) is 40.6 Å². The summed E-state index contributed by atoms with van der Waals surface area (Å²) in [6, 6.07) is 11.5. The first kappa shape index (κ1) is 18.0. The van der Waals surface area contributed by atoms with Crippen LogP contribution < -0.4 is 16.9 Å². The average molecular weight is 405 g/mol. The fourth-order valence-corrected chi connectivity index (χ4v) is 3.22. The third-order valence-corrected chi connectivity index (χ3v) is 4.72. The molecule has 0 bridgehead atoms. The van der Waals surface area contributed by atoms with Crippen LogP contribution in [0.5, 0.6) is 0 Å². The third kappa shape index (κ3) is 3.40. The fourth-order valence-electron chi connectivity index (χ4n) is 3.22. The Bertz CT molecular complexity index is 1160. The van der Waals surface area contributed by atoms with Gasteiger partial charge in [-0.3, -0.25) is 10.7 Å². The molecule has 0 amide bonds. The number of furan rings is 1. The van der Waals surface area contributed by atoms with Gasteiger partial charge in [0.25, 0.3) is 0 Å². The van der Waals surface area contributed by atoms with Crippen LogP contribution in [0.25, 0.3) is 29.0 Å². The first-order valence-electron chi connectivity index (χ1n) is 9.27. The fraction of sp³-hybridized carbons (Fsp3) is 0.167. The molecule has 0 saturated carbocycles. The second kappa shape index (κ2) is 7.42. The van der Waals surface area contributed by atoms with Gasteiger partial charge in [-0.15, -0.1) is 10.2 Å². The molecule has 5 rings (SSSR count). The van der Waals surface area contributed by atoms with Crippen molar-refractivity contribution in [3.8, 4) is 23.0 Å². The van der Waals surface area contributed by atoms with Crippen LogP contribution in [0.1, 0.15) is 17.7 Å². The average Bonchev–Trinajstić information content (AvgIpc) is 3.53. The Hall–Kier alpha value is -4.03. The van der Waals surface area contributed by atoms with Crippen molar-refractivity contribution < 1.29 is 4.42 Å². The summed E-state index contributed by atoms with van der Waals surface area (Å²) in [5, 5.41) is 23.1. The molecule has 0 saturated heterocycles. The molecule has 152 valence electrons. The third-order valence-electron chi connectivity index (χ3n) is 4.72. The largest absolute Gasteiger partial charge is 0.461 e. The van der Waals surface area contributed by atoms with Crippen molar-refractivity contribution in [2.75, 3.05) is 6.54 Å². The van der Waals surface area contributed by atoms with Gasteiger partial charge in [0.15, 0.2) is 23.7 Å². The molecule has 1 atom stereocenters. The molecule has 12 heteroatoms. The molecule has 1 aliphatic rings. The summed E-state index contributed by atoms with van der Waals surface area (Å²) in [5.74, 6) is 9.19. The number of nitrogens with zero attached hydrogens (tertiary/aromatic N) is 7. The van der Waals surface area contributed by atoms with Gasteiger partial charge in [0.2, 0.25) is 5.82 Å². The first-order chi connectivity index (χ1) is 14.7. The summed E-state index contributed by atoms with van der Waals surface area (Å²) in [6.07, 6.45) is 3.50. The molecular weight excluding hydrogens is 386 g/mol. The van der Waals surface area contributed by atoms with Crippen LogP contribution in [0, 0.1) is 0 Å². The monoisotopic (exact) mass is 405 g/mol. The Morgan fingerprint density at radius 3 is 2.97 bits per heavy atom. The zero-order chi connectivity index (χ0) is 20.5. The lowest BCUT2D eigenvalue weighted by Crippen LogP contribution is -2.46. The lowest BCUT2D eigenvalue weighted by molar-refractivity contribution is 0.286. The summed E-state index contributed by atoms with van der Waals surface area (Å²) in [4.78, 5) is 4.49. The molecule has 4 aromatic rings. The van der Waals surface area contributed by atoms with Crippen LogP contribution in [-0.2, 0) is 6.42 Å². The number of aromatic amines is 1. The normalized spacial score (nSPS) is 15.4. The van der Waals surface area contributed by atoms with E-state index in [1.807, 2.05) is 24.3 Å². The molecule has 0 spiro atoms. The highest BCUT2D eigenvalue weighted by atomic mass is 16.3. The van der Waals surface area contributed by atoms with Crippen LogP contribution >= 0.6 is 0 Å². The standard InChI is InChI=1S/C18H19N11O/c19-18-22-14(10-15-21-17(25-29(15)18)13-5-2-8-30-13)28(20)7-6-11-3-1-4-12(9-11)16-23-26-27-24-16/h1-5,8-10,18,22H,6-7,19-20H2,(H,23,24,26,27). The van der Waals surface area contributed by atoms with E-state index in [0.717, 1.165) is 11.1 Å². The molecule has 4 heterocycles. The van der Waals surface area contributed by atoms with Gasteiger partial charge in [-0.25, -0.2) is 20.6 Å². The van der Waals surface area contributed by atoms with Gasteiger partial charge >= 0.3 is 0 Å². The molecule has 12 nitrogen and oxygen atoms in total. The predicted octanol–water partition coefficient (Wildman–Crippen LogP) is 0.453. The highest BCUT2D eigenvalue weighted by Crippen LogP contribution is 2.22. The lowest BCUT2D eigenvalue weighted by atomic mass is 10.1. The van der Waals surface area contributed by atoms with E-state index in [4.69, 9.17) is 16.0 Å². The number of tetrazole rings is 1. The van der Waals surface area contributed by atoms with Gasteiger partial charge in [-0.2, -0.15) is 0 Å². The lowest BCUT2D eigenvalue weighted by Gasteiger charge is -2.29. The molecular formula is C18H19N11O. The first-order valence-corrected chi connectivity index (χ1v) is 9.27. The van der Waals surface area contributed by atoms with Gasteiger partial charge in [-0.1, -0.05) is 18.2 Å². The van der Waals surface area contributed by atoms with Gasteiger partial charge < -0.3 is 9.73 Å². The molecule has 30 heavy (non-hydrogen) atoms. The van der Waals surface area contributed by atoms with Crippen LogP contribution in [0.15, 0.2) is 52.9 Å². The number of benzene rings is 1. The highest BCUT2D eigenvalue weighted by molar-refractivity contribution is 5.55. The van der Waals surface area contributed by atoms with E-state index < -0.39 is 6.29 Å². The van der Waals surface area contributed by atoms with Gasteiger partial charge in [0, 0.05) is 18.2 Å². The number of hydrogen-bond donors (Lipinski definition) is 4. The van der Waals surface area contributed by atoms with Crippen LogP contribution in [0.4, 0.5) is 0 Å². The SMILES string of the molecule is NC1NC(N(N)CCc2cccc(-c3nnn[nH]3)c2)=Cc2nc(-c3ccco3)nn21. The van der Waals surface area contributed by atoms with Crippen molar-refractivity contribution in [2.24, 2.45) is 11.6 Å². The summed E-state index contributed by atoms with van der Waals surface area (Å²) >= 11 is 0. The Labute approximate surface area is 170 Å². The van der Waals surface area contributed by atoms with Gasteiger partial charge in [0.05, 0.1) is 6.26 Å². The zero-order valence-corrected chi connectivity index (χ0v) is 15.8. The van der Waals surface area contributed by atoms with E-state index in [-0.39, 0.29) is 0 Å². The summed E-state index contributed by atoms with van der Waals surface area (Å²) in [6.45, 7) is 0.558. The number of aromatic nitrogens is 7. The maximum Gasteiger partial charge on any atom is 0.217 e. The van der Waals surface area contributed by atoms with Crippen LogP contribution in [-0.4, -0.2) is 46.9 Å². The molecule has 3 aromatic heterocycles. The summed E-state index contributed by atoms with van der Waals surface area (Å²) in [7, 11) is 0. The predicted molar refractivity (Wildman–Crippen MR) is 106 cm³/mol.